The summed E-state index contributed by atoms with van der Waals surface area (Å²) in [5.74, 6) is -0.489. The number of hydrogen-bond donors (Lipinski definition) is 1. The van der Waals surface area contributed by atoms with E-state index in [1.54, 1.807) is 13.8 Å². The van der Waals surface area contributed by atoms with Crippen LogP contribution in [0.4, 0.5) is 13.2 Å². The Labute approximate surface area is 124 Å². The normalized spacial score (nSPS) is 17.2. The van der Waals surface area contributed by atoms with Gasteiger partial charge in [0.1, 0.15) is 6.54 Å². The highest BCUT2D eigenvalue weighted by atomic mass is 19.4. The Morgan fingerprint density at radius 3 is 2.48 bits per heavy atom. The van der Waals surface area contributed by atoms with Gasteiger partial charge in [0.2, 0.25) is 5.91 Å². The van der Waals surface area contributed by atoms with E-state index in [0.717, 1.165) is 30.8 Å². The van der Waals surface area contributed by atoms with Gasteiger partial charge in [0.15, 0.2) is 0 Å². The fourth-order valence-corrected chi connectivity index (χ4v) is 2.34. The molecule has 1 N–H and O–H groups in total. The Balaban J connectivity index is 2.36. The molecule has 1 fully saturated rings. The molecule has 4 nitrogen and oxygen atoms in total. The average Bonchev–Trinajstić information content (AvgIpc) is 2.37. The molecule has 0 unspecified atom stereocenters. The fourth-order valence-electron chi connectivity index (χ4n) is 2.34. The van der Waals surface area contributed by atoms with Crippen molar-refractivity contribution in [2.75, 3.05) is 32.8 Å². The Hall–Kier alpha value is -0.820. The summed E-state index contributed by atoms with van der Waals surface area (Å²) in [4.78, 5) is 12.8. The second kappa shape index (κ2) is 8.58. The van der Waals surface area contributed by atoms with Gasteiger partial charge in [0, 0.05) is 6.54 Å². The lowest BCUT2D eigenvalue weighted by Gasteiger charge is -2.27. The summed E-state index contributed by atoms with van der Waals surface area (Å²) in [7, 11) is 0. The van der Waals surface area contributed by atoms with E-state index in [2.05, 4.69) is 5.32 Å². The number of piperidine rings is 1. The molecule has 0 aromatic rings. The van der Waals surface area contributed by atoms with Crippen LogP contribution in [-0.4, -0.2) is 55.9 Å². The lowest BCUT2D eigenvalue weighted by atomic mass is 10.1. The zero-order chi connectivity index (χ0) is 15.9. The Morgan fingerprint density at radius 2 is 1.95 bits per heavy atom. The molecule has 0 bridgehead atoms. The second-order valence-corrected chi connectivity index (χ2v) is 5.85. The van der Waals surface area contributed by atoms with Gasteiger partial charge in [-0.15, -0.1) is 0 Å². The number of hydrogen-bond acceptors (Lipinski definition) is 3. The largest absolute Gasteiger partial charge is 0.406 e. The van der Waals surface area contributed by atoms with Gasteiger partial charge in [-0.25, -0.2) is 0 Å². The highest BCUT2D eigenvalue weighted by Gasteiger charge is 2.33. The first-order valence-electron chi connectivity index (χ1n) is 7.45. The van der Waals surface area contributed by atoms with E-state index in [1.165, 1.54) is 0 Å². The SMILES string of the molecule is CC(C)CN(CC(F)(F)F)C(=O)CCOC1CCNCC1. The van der Waals surface area contributed by atoms with Gasteiger partial charge in [-0.05, 0) is 31.8 Å². The molecular formula is C14H25F3N2O2. The predicted molar refractivity (Wildman–Crippen MR) is 73.9 cm³/mol. The first-order chi connectivity index (χ1) is 9.78. The van der Waals surface area contributed by atoms with Crippen LogP contribution >= 0.6 is 0 Å². The van der Waals surface area contributed by atoms with Gasteiger partial charge < -0.3 is 15.0 Å². The smallest absolute Gasteiger partial charge is 0.378 e. The van der Waals surface area contributed by atoms with Crippen molar-refractivity contribution in [2.45, 2.75) is 45.4 Å². The number of nitrogens with one attached hydrogen (secondary N) is 1. The predicted octanol–water partition coefficient (Wildman–Crippen LogP) is 2.19. The third kappa shape index (κ3) is 8.26. The first kappa shape index (κ1) is 18.2. The van der Waals surface area contributed by atoms with Crippen molar-refractivity contribution in [1.82, 2.24) is 10.2 Å². The zero-order valence-corrected chi connectivity index (χ0v) is 12.7. The van der Waals surface area contributed by atoms with Crippen LogP contribution in [0.15, 0.2) is 0 Å². The summed E-state index contributed by atoms with van der Waals surface area (Å²) in [6.07, 6.45) is -2.48. The van der Waals surface area contributed by atoms with Crippen molar-refractivity contribution in [3.8, 4) is 0 Å². The standard InChI is InChI=1S/C14H25F3N2O2/c1-11(2)9-19(10-14(15,16)17)13(20)5-8-21-12-3-6-18-7-4-12/h11-12,18H,3-10H2,1-2H3. The van der Waals surface area contributed by atoms with Crippen molar-refractivity contribution < 1.29 is 22.7 Å². The van der Waals surface area contributed by atoms with Gasteiger partial charge in [-0.3, -0.25) is 4.79 Å². The fraction of sp³-hybridized carbons (Fsp3) is 0.929. The molecular weight excluding hydrogens is 285 g/mol. The molecule has 1 aliphatic heterocycles. The van der Waals surface area contributed by atoms with Gasteiger partial charge in [-0.1, -0.05) is 13.8 Å². The van der Waals surface area contributed by atoms with E-state index < -0.39 is 18.6 Å². The van der Waals surface area contributed by atoms with E-state index >= 15 is 0 Å². The second-order valence-electron chi connectivity index (χ2n) is 5.85. The molecule has 0 atom stereocenters. The van der Waals surface area contributed by atoms with Crippen LogP contribution in [0.3, 0.4) is 0 Å². The molecule has 0 aromatic heterocycles. The van der Waals surface area contributed by atoms with E-state index in [1.807, 2.05) is 0 Å². The molecule has 1 saturated heterocycles. The highest BCUT2D eigenvalue weighted by Crippen LogP contribution is 2.18. The Morgan fingerprint density at radius 1 is 1.33 bits per heavy atom. The van der Waals surface area contributed by atoms with Crippen LogP contribution in [0.1, 0.15) is 33.1 Å². The molecule has 0 radical (unpaired) electrons. The Bertz CT molecular complexity index is 316. The molecule has 1 rings (SSSR count). The minimum Gasteiger partial charge on any atom is -0.378 e. The summed E-state index contributed by atoms with van der Waals surface area (Å²) < 4.78 is 43.1. The number of carbonyl (C=O) groups excluding carboxylic acids is 1. The summed E-state index contributed by atoms with van der Waals surface area (Å²) in [6.45, 7) is 4.47. The van der Waals surface area contributed by atoms with Crippen molar-refractivity contribution in [1.29, 1.82) is 0 Å². The molecule has 1 aliphatic rings. The molecule has 0 saturated carbocycles. The topological polar surface area (TPSA) is 41.6 Å². The minimum absolute atomic E-state index is 0.00152. The van der Waals surface area contributed by atoms with Gasteiger partial charge >= 0.3 is 6.18 Å². The molecule has 21 heavy (non-hydrogen) atoms. The summed E-state index contributed by atoms with van der Waals surface area (Å²) in [5, 5.41) is 3.20. The van der Waals surface area contributed by atoms with Crippen LogP contribution < -0.4 is 5.32 Å². The van der Waals surface area contributed by atoms with Crippen LogP contribution in [0.2, 0.25) is 0 Å². The number of carbonyl (C=O) groups is 1. The van der Waals surface area contributed by atoms with E-state index in [4.69, 9.17) is 4.74 Å². The van der Waals surface area contributed by atoms with Crippen molar-refractivity contribution in [3.63, 3.8) is 0 Å². The van der Waals surface area contributed by atoms with Crippen molar-refractivity contribution in [3.05, 3.63) is 0 Å². The maximum Gasteiger partial charge on any atom is 0.406 e. The van der Waals surface area contributed by atoms with Crippen molar-refractivity contribution >= 4 is 5.91 Å². The summed E-state index contributed by atoms with van der Waals surface area (Å²) in [5.41, 5.74) is 0. The third-order valence-corrected chi connectivity index (χ3v) is 3.26. The molecule has 1 amide bonds. The molecule has 1 heterocycles. The van der Waals surface area contributed by atoms with Gasteiger partial charge in [-0.2, -0.15) is 13.2 Å². The van der Waals surface area contributed by atoms with Crippen LogP contribution in [0, 0.1) is 5.92 Å². The first-order valence-corrected chi connectivity index (χ1v) is 7.45. The summed E-state index contributed by atoms with van der Waals surface area (Å²) in [6, 6.07) is 0. The monoisotopic (exact) mass is 310 g/mol. The van der Waals surface area contributed by atoms with Gasteiger partial charge in [0.25, 0.3) is 0 Å². The van der Waals surface area contributed by atoms with Gasteiger partial charge in [0.05, 0.1) is 19.1 Å². The maximum absolute atomic E-state index is 12.5. The van der Waals surface area contributed by atoms with E-state index in [-0.39, 0.29) is 31.6 Å². The average molecular weight is 310 g/mol. The summed E-state index contributed by atoms with van der Waals surface area (Å²) >= 11 is 0. The van der Waals surface area contributed by atoms with Crippen LogP contribution in [-0.2, 0) is 9.53 Å². The zero-order valence-electron chi connectivity index (χ0n) is 12.7. The molecule has 0 spiro atoms. The van der Waals surface area contributed by atoms with E-state index in [9.17, 15) is 18.0 Å². The number of ether oxygens (including phenoxy) is 1. The van der Waals surface area contributed by atoms with Crippen LogP contribution in [0.25, 0.3) is 0 Å². The molecule has 0 aliphatic carbocycles. The lowest BCUT2D eigenvalue weighted by molar-refractivity contribution is -0.163. The lowest BCUT2D eigenvalue weighted by Crippen LogP contribution is -2.41. The number of nitrogens with zero attached hydrogens (tertiary/aromatic N) is 1. The highest BCUT2D eigenvalue weighted by molar-refractivity contribution is 5.76. The number of amides is 1. The van der Waals surface area contributed by atoms with Crippen LogP contribution in [0.5, 0.6) is 0 Å². The number of alkyl halides is 3. The number of halogens is 3. The minimum atomic E-state index is -4.36. The van der Waals surface area contributed by atoms with Crippen molar-refractivity contribution in [2.24, 2.45) is 5.92 Å². The Kier molecular flexibility index (Phi) is 7.45. The van der Waals surface area contributed by atoms with E-state index in [0.29, 0.717) is 0 Å². The molecule has 124 valence electrons. The maximum atomic E-state index is 12.5. The third-order valence-electron chi connectivity index (χ3n) is 3.26. The molecule has 0 aromatic carbocycles. The number of rotatable bonds is 7. The molecule has 7 heteroatoms. The quantitative estimate of drug-likeness (QED) is 0.784.